The summed E-state index contributed by atoms with van der Waals surface area (Å²) in [6.45, 7) is 0.941. The maximum Gasteiger partial charge on any atom is 0.253 e. The van der Waals surface area contributed by atoms with Gasteiger partial charge < -0.3 is 14.5 Å². The molecule has 0 aliphatic heterocycles. The molecule has 2 rings (SSSR count). The molecule has 0 heterocycles. The van der Waals surface area contributed by atoms with Crippen LogP contribution in [0.1, 0.15) is 10.4 Å². The van der Waals surface area contributed by atoms with Crippen LogP contribution in [0.15, 0.2) is 48.5 Å². The number of carbonyl (C=O) groups is 1. The van der Waals surface area contributed by atoms with E-state index in [1.807, 2.05) is 55.4 Å². The Balaban J connectivity index is 1.85. The van der Waals surface area contributed by atoms with Crippen molar-refractivity contribution in [2.45, 2.75) is 0 Å². The van der Waals surface area contributed by atoms with E-state index in [-0.39, 0.29) is 5.91 Å². The zero-order valence-electron chi connectivity index (χ0n) is 13.6. The minimum absolute atomic E-state index is 0.0185. The standard InChI is InChI=1S/C18H21ClN2O2/c1-20(2)16-8-4-14(5-9-16)18(22)21(3)12-13-23-17-10-6-15(19)7-11-17/h4-11H,12-13H2,1-3H3. The minimum Gasteiger partial charge on any atom is -0.492 e. The maximum atomic E-state index is 12.4. The first-order chi connectivity index (χ1) is 11.0. The van der Waals surface area contributed by atoms with Gasteiger partial charge in [0.2, 0.25) is 0 Å². The predicted octanol–water partition coefficient (Wildman–Crippen LogP) is 3.56. The second-order valence-electron chi connectivity index (χ2n) is 5.47. The normalized spacial score (nSPS) is 10.3. The average Bonchev–Trinajstić information content (AvgIpc) is 2.56. The van der Waals surface area contributed by atoms with E-state index in [0.717, 1.165) is 11.4 Å². The molecule has 0 aliphatic carbocycles. The van der Waals surface area contributed by atoms with Crippen molar-refractivity contribution < 1.29 is 9.53 Å². The van der Waals surface area contributed by atoms with Crippen LogP contribution in [0.4, 0.5) is 5.69 Å². The Morgan fingerprint density at radius 2 is 1.61 bits per heavy atom. The zero-order valence-corrected chi connectivity index (χ0v) is 14.4. The Hall–Kier alpha value is -2.20. The topological polar surface area (TPSA) is 32.8 Å². The van der Waals surface area contributed by atoms with Crippen molar-refractivity contribution in [1.82, 2.24) is 4.90 Å². The number of benzene rings is 2. The summed E-state index contributed by atoms with van der Waals surface area (Å²) >= 11 is 5.82. The van der Waals surface area contributed by atoms with Gasteiger partial charge in [-0.1, -0.05) is 11.6 Å². The lowest BCUT2D eigenvalue weighted by Crippen LogP contribution is -2.30. The van der Waals surface area contributed by atoms with Crippen molar-refractivity contribution in [3.63, 3.8) is 0 Å². The lowest BCUT2D eigenvalue weighted by atomic mass is 10.2. The van der Waals surface area contributed by atoms with Gasteiger partial charge in [-0.3, -0.25) is 4.79 Å². The number of hydrogen-bond donors (Lipinski definition) is 0. The molecule has 0 saturated carbocycles. The van der Waals surface area contributed by atoms with E-state index in [2.05, 4.69) is 0 Å². The van der Waals surface area contributed by atoms with Crippen molar-refractivity contribution in [2.75, 3.05) is 39.2 Å². The van der Waals surface area contributed by atoms with E-state index in [1.54, 1.807) is 24.1 Å². The molecule has 0 bridgehead atoms. The van der Waals surface area contributed by atoms with Crippen LogP contribution >= 0.6 is 11.6 Å². The highest BCUT2D eigenvalue weighted by Gasteiger charge is 2.11. The van der Waals surface area contributed by atoms with Gasteiger partial charge in [-0.2, -0.15) is 0 Å². The minimum atomic E-state index is -0.0185. The summed E-state index contributed by atoms with van der Waals surface area (Å²) in [4.78, 5) is 16.0. The summed E-state index contributed by atoms with van der Waals surface area (Å²) in [6.07, 6.45) is 0. The van der Waals surface area contributed by atoms with Crippen LogP contribution in [0.3, 0.4) is 0 Å². The van der Waals surface area contributed by atoms with Crippen molar-refractivity contribution in [2.24, 2.45) is 0 Å². The van der Waals surface area contributed by atoms with Crippen molar-refractivity contribution in [3.05, 3.63) is 59.1 Å². The second-order valence-corrected chi connectivity index (χ2v) is 5.91. The molecule has 1 amide bonds. The fourth-order valence-corrected chi connectivity index (χ4v) is 2.18. The first kappa shape index (κ1) is 17.2. The molecule has 0 unspecified atom stereocenters. The van der Waals surface area contributed by atoms with Gasteiger partial charge in [0.25, 0.3) is 5.91 Å². The van der Waals surface area contributed by atoms with Crippen molar-refractivity contribution in [1.29, 1.82) is 0 Å². The quantitative estimate of drug-likeness (QED) is 0.811. The summed E-state index contributed by atoms with van der Waals surface area (Å²) < 4.78 is 5.61. The monoisotopic (exact) mass is 332 g/mol. The summed E-state index contributed by atoms with van der Waals surface area (Å²) in [5.41, 5.74) is 1.74. The molecule has 4 nitrogen and oxygen atoms in total. The number of likely N-dealkylation sites (N-methyl/N-ethyl adjacent to an activating group) is 1. The fraction of sp³-hybridized carbons (Fsp3) is 0.278. The number of hydrogen-bond acceptors (Lipinski definition) is 3. The number of halogens is 1. The lowest BCUT2D eigenvalue weighted by molar-refractivity contribution is 0.0774. The van der Waals surface area contributed by atoms with Crippen molar-refractivity contribution in [3.8, 4) is 5.75 Å². The summed E-state index contributed by atoms with van der Waals surface area (Å²) in [5.74, 6) is 0.723. The van der Waals surface area contributed by atoms with Crippen LogP contribution in [-0.2, 0) is 0 Å². The molecule has 23 heavy (non-hydrogen) atoms. The van der Waals surface area contributed by atoms with E-state index < -0.39 is 0 Å². The molecule has 0 atom stereocenters. The molecular formula is C18H21ClN2O2. The second kappa shape index (κ2) is 7.88. The molecule has 0 spiro atoms. The van der Waals surface area contributed by atoms with E-state index in [4.69, 9.17) is 16.3 Å². The smallest absolute Gasteiger partial charge is 0.253 e. The first-order valence-electron chi connectivity index (χ1n) is 7.38. The molecular weight excluding hydrogens is 312 g/mol. The number of ether oxygens (including phenoxy) is 1. The van der Waals surface area contributed by atoms with E-state index >= 15 is 0 Å². The van der Waals surface area contributed by atoms with Gasteiger partial charge in [-0.15, -0.1) is 0 Å². The average molecular weight is 333 g/mol. The first-order valence-corrected chi connectivity index (χ1v) is 7.76. The molecule has 0 N–H and O–H groups in total. The number of carbonyl (C=O) groups excluding carboxylic acids is 1. The SMILES string of the molecule is CN(CCOc1ccc(Cl)cc1)C(=O)c1ccc(N(C)C)cc1. The molecule has 2 aromatic rings. The van der Waals surface area contributed by atoms with Gasteiger partial charge in [0, 0.05) is 37.4 Å². The lowest BCUT2D eigenvalue weighted by Gasteiger charge is -2.18. The van der Waals surface area contributed by atoms with Gasteiger partial charge >= 0.3 is 0 Å². The number of anilines is 1. The Bertz CT molecular complexity index is 639. The summed E-state index contributed by atoms with van der Waals surface area (Å²) in [6, 6.07) is 14.7. The largest absolute Gasteiger partial charge is 0.492 e. The molecule has 2 aromatic carbocycles. The number of nitrogens with zero attached hydrogens (tertiary/aromatic N) is 2. The number of amides is 1. The maximum absolute atomic E-state index is 12.4. The van der Waals surface area contributed by atoms with Crippen molar-refractivity contribution >= 4 is 23.2 Å². The summed E-state index contributed by atoms with van der Waals surface area (Å²) in [7, 11) is 5.71. The van der Waals surface area contributed by atoms with Crippen LogP contribution in [0.25, 0.3) is 0 Å². The Labute approximate surface area is 142 Å². The fourth-order valence-electron chi connectivity index (χ4n) is 2.06. The molecule has 0 aromatic heterocycles. The highest BCUT2D eigenvalue weighted by atomic mass is 35.5. The molecule has 0 radical (unpaired) electrons. The Kier molecular flexibility index (Phi) is 5.88. The van der Waals surface area contributed by atoms with E-state index in [9.17, 15) is 4.79 Å². The van der Waals surface area contributed by atoms with Crippen LogP contribution in [-0.4, -0.2) is 45.1 Å². The van der Waals surface area contributed by atoms with Gasteiger partial charge in [0.1, 0.15) is 12.4 Å². The highest BCUT2D eigenvalue weighted by Crippen LogP contribution is 2.16. The van der Waals surface area contributed by atoms with Crippen LogP contribution in [0, 0.1) is 0 Å². The van der Waals surface area contributed by atoms with Gasteiger partial charge in [0.05, 0.1) is 6.54 Å². The van der Waals surface area contributed by atoms with Gasteiger partial charge in [0.15, 0.2) is 0 Å². The van der Waals surface area contributed by atoms with Crippen LogP contribution in [0.2, 0.25) is 5.02 Å². The van der Waals surface area contributed by atoms with Gasteiger partial charge in [-0.25, -0.2) is 0 Å². The van der Waals surface area contributed by atoms with Crippen LogP contribution < -0.4 is 9.64 Å². The third-order valence-corrected chi connectivity index (χ3v) is 3.74. The highest BCUT2D eigenvalue weighted by molar-refractivity contribution is 6.30. The van der Waals surface area contributed by atoms with Gasteiger partial charge in [-0.05, 0) is 48.5 Å². The Morgan fingerprint density at radius 1 is 1.00 bits per heavy atom. The predicted molar refractivity (Wildman–Crippen MR) is 94.7 cm³/mol. The Morgan fingerprint density at radius 3 is 2.17 bits per heavy atom. The summed E-state index contributed by atoms with van der Waals surface area (Å²) in [5, 5.41) is 0.672. The number of rotatable bonds is 6. The third kappa shape index (κ3) is 4.89. The molecule has 0 saturated heterocycles. The molecule has 0 aliphatic rings. The third-order valence-electron chi connectivity index (χ3n) is 3.49. The molecule has 122 valence electrons. The zero-order chi connectivity index (χ0) is 16.8. The molecule has 5 heteroatoms. The van der Waals surface area contributed by atoms with E-state index in [1.165, 1.54) is 0 Å². The van der Waals surface area contributed by atoms with E-state index in [0.29, 0.717) is 23.7 Å². The molecule has 0 fully saturated rings. The van der Waals surface area contributed by atoms with Crippen LogP contribution in [0.5, 0.6) is 5.75 Å².